The second kappa shape index (κ2) is 10.2. The molecule has 0 aliphatic carbocycles. The fourth-order valence-corrected chi connectivity index (χ4v) is 5.49. The average Bonchev–Trinajstić information content (AvgIpc) is 3.51. The van der Waals surface area contributed by atoms with Gasteiger partial charge in [0.15, 0.2) is 5.78 Å². The third-order valence-corrected chi connectivity index (χ3v) is 7.46. The highest BCUT2D eigenvalue weighted by atomic mass is 32.1. The van der Waals surface area contributed by atoms with Crippen LogP contribution in [0.5, 0.6) is 5.75 Å². The van der Waals surface area contributed by atoms with Crippen LogP contribution in [0.3, 0.4) is 0 Å². The molecule has 7 nitrogen and oxygen atoms in total. The second-order valence-electron chi connectivity index (χ2n) is 8.69. The van der Waals surface area contributed by atoms with E-state index in [1.54, 1.807) is 18.5 Å². The Bertz CT molecular complexity index is 1230. The van der Waals surface area contributed by atoms with Crippen molar-refractivity contribution in [2.45, 2.75) is 25.5 Å². The monoisotopic (exact) mass is 495 g/mol. The molecule has 182 valence electrons. The van der Waals surface area contributed by atoms with Gasteiger partial charge >= 0.3 is 0 Å². The summed E-state index contributed by atoms with van der Waals surface area (Å²) in [6.07, 6.45) is 3.57. The van der Waals surface area contributed by atoms with Gasteiger partial charge in [0.2, 0.25) is 5.91 Å². The zero-order valence-corrected chi connectivity index (χ0v) is 20.1. The number of nitrogens with zero attached hydrogens (tertiary/aromatic N) is 2. The van der Waals surface area contributed by atoms with Crippen LogP contribution in [0.25, 0.3) is 10.4 Å². The van der Waals surface area contributed by atoms with E-state index in [9.17, 15) is 14.0 Å². The number of nitrogens with one attached hydrogen (secondary N) is 1. The van der Waals surface area contributed by atoms with E-state index in [1.807, 2.05) is 18.2 Å². The highest BCUT2D eigenvalue weighted by molar-refractivity contribution is 7.17. The van der Waals surface area contributed by atoms with Crippen LogP contribution < -0.4 is 10.1 Å². The number of amides is 1. The maximum absolute atomic E-state index is 14.4. The van der Waals surface area contributed by atoms with E-state index >= 15 is 0 Å². The number of thiophene rings is 1. The van der Waals surface area contributed by atoms with Crippen LogP contribution in [-0.4, -0.2) is 60.5 Å². The SMILES string of the molecule is CC(=O)c1ccc(-c2cc(F)cc3c2O[C@@H](CNC(=O)[C@@H](c2cccnc2)N2CCOCC2)C3)s1. The number of Topliss-reactive ketones (excluding diaryl/α,β-unsaturated/α-hetero) is 1. The van der Waals surface area contributed by atoms with E-state index < -0.39 is 6.04 Å². The van der Waals surface area contributed by atoms with Crippen molar-refractivity contribution in [3.05, 3.63) is 70.6 Å². The van der Waals surface area contributed by atoms with Crippen LogP contribution in [0.4, 0.5) is 4.39 Å². The Hall–Kier alpha value is -3.14. The number of hydrogen-bond acceptors (Lipinski definition) is 7. The molecular formula is C26H26FN3O4S. The Labute approximate surface area is 206 Å². The predicted octanol–water partition coefficient (Wildman–Crippen LogP) is 3.65. The maximum atomic E-state index is 14.4. The molecule has 0 unspecified atom stereocenters. The number of pyridine rings is 1. The highest BCUT2D eigenvalue weighted by Gasteiger charge is 2.32. The molecule has 1 N–H and O–H groups in total. The van der Waals surface area contributed by atoms with Crippen LogP contribution in [0, 0.1) is 5.82 Å². The quantitative estimate of drug-likeness (QED) is 0.504. The molecule has 5 rings (SSSR count). The minimum absolute atomic E-state index is 0.0285. The molecular weight excluding hydrogens is 469 g/mol. The Morgan fingerprint density at radius 1 is 1.26 bits per heavy atom. The van der Waals surface area contributed by atoms with Crippen molar-refractivity contribution in [2.24, 2.45) is 0 Å². The van der Waals surface area contributed by atoms with E-state index in [4.69, 9.17) is 9.47 Å². The average molecular weight is 496 g/mol. The van der Waals surface area contributed by atoms with E-state index in [1.165, 1.54) is 30.4 Å². The summed E-state index contributed by atoms with van der Waals surface area (Å²) in [6.45, 7) is 4.27. The van der Waals surface area contributed by atoms with Gasteiger partial charge in [0.1, 0.15) is 23.7 Å². The standard InChI is InChI=1S/C26H26FN3O4S/c1-16(31)22-4-5-23(35-22)21-13-19(27)11-18-12-20(34-25(18)21)15-29-26(32)24(17-3-2-6-28-14-17)30-7-9-33-10-8-30/h2-6,11,13-14,20,24H,7-10,12,15H2,1H3,(H,29,32)/t20-,24-/m1/s1. The lowest BCUT2D eigenvalue weighted by Gasteiger charge is -2.33. The van der Waals surface area contributed by atoms with E-state index in [0.29, 0.717) is 55.5 Å². The number of hydrogen-bond donors (Lipinski definition) is 1. The zero-order valence-electron chi connectivity index (χ0n) is 19.3. The normalized spacial score (nSPS) is 18.5. The van der Waals surface area contributed by atoms with Gasteiger partial charge in [0.05, 0.1) is 24.6 Å². The molecule has 1 saturated heterocycles. The number of fused-ring (bicyclic) bond motifs is 1. The van der Waals surface area contributed by atoms with Crippen LogP contribution in [0.15, 0.2) is 48.8 Å². The first-order valence-corrected chi connectivity index (χ1v) is 12.4. The van der Waals surface area contributed by atoms with Crippen LogP contribution in [0.2, 0.25) is 0 Å². The Balaban J connectivity index is 1.30. The van der Waals surface area contributed by atoms with E-state index in [-0.39, 0.29) is 23.6 Å². The molecule has 0 spiro atoms. The fourth-order valence-electron chi connectivity index (χ4n) is 4.58. The third kappa shape index (κ3) is 5.12. The predicted molar refractivity (Wildman–Crippen MR) is 130 cm³/mol. The fraction of sp³-hybridized carbons (Fsp3) is 0.346. The van der Waals surface area contributed by atoms with Gasteiger partial charge in [-0.2, -0.15) is 0 Å². The van der Waals surface area contributed by atoms with Crippen molar-refractivity contribution in [3.63, 3.8) is 0 Å². The highest BCUT2D eigenvalue weighted by Crippen LogP contribution is 2.42. The van der Waals surface area contributed by atoms with Crippen molar-refractivity contribution < 1.29 is 23.5 Å². The number of rotatable bonds is 7. The first kappa shape index (κ1) is 23.6. The number of halogens is 1. The number of benzene rings is 1. The first-order chi connectivity index (χ1) is 17.0. The number of ether oxygens (including phenoxy) is 2. The Kier molecular flexibility index (Phi) is 6.90. The summed E-state index contributed by atoms with van der Waals surface area (Å²) in [5, 5.41) is 3.04. The van der Waals surface area contributed by atoms with Crippen LogP contribution in [0.1, 0.15) is 33.8 Å². The van der Waals surface area contributed by atoms with Crippen LogP contribution >= 0.6 is 11.3 Å². The third-order valence-electron chi connectivity index (χ3n) is 6.24. The van der Waals surface area contributed by atoms with Gasteiger partial charge in [0, 0.05) is 47.9 Å². The largest absolute Gasteiger partial charge is 0.487 e. The molecule has 35 heavy (non-hydrogen) atoms. The minimum Gasteiger partial charge on any atom is -0.487 e. The minimum atomic E-state index is -0.472. The molecule has 3 aromatic rings. The summed E-state index contributed by atoms with van der Waals surface area (Å²) in [6, 6.07) is 9.73. The summed E-state index contributed by atoms with van der Waals surface area (Å²) in [4.78, 5) is 32.7. The molecule has 0 saturated carbocycles. The van der Waals surface area contributed by atoms with Crippen molar-refractivity contribution >= 4 is 23.0 Å². The number of carbonyl (C=O) groups excluding carboxylic acids is 2. The van der Waals surface area contributed by atoms with Gasteiger partial charge in [0.25, 0.3) is 0 Å². The summed E-state index contributed by atoms with van der Waals surface area (Å²) >= 11 is 1.32. The second-order valence-corrected chi connectivity index (χ2v) is 9.77. The number of ketones is 1. The van der Waals surface area contributed by atoms with Crippen molar-refractivity contribution in [2.75, 3.05) is 32.8 Å². The van der Waals surface area contributed by atoms with E-state index in [2.05, 4.69) is 15.2 Å². The molecule has 2 atom stereocenters. The Morgan fingerprint density at radius 2 is 2.09 bits per heavy atom. The number of morpholine rings is 1. The Morgan fingerprint density at radius 3 is 2.80 bits per heavy atom. The topological polar surface area (TPSA) is 80.8 Å². The van der Waals surface area contributed by atoms with Gasteiger partial charge in [-0.05, 0) is 42.8 Å². The lowest BCUT2D eigenvalue weighted by Crippen LogP contribution is -2.47. The molecule has 2 aliphatic rings. The first-order valence-electron chi connectivity index (χ1n) is 11.6. The molecule has 1 fully saturated rings. The molecule has 0 bridgehead atoms. The molecule has 4 heterocycles. The number of aromatic nitrogens is 1. The maximum Gasteiger partial charge on any atom is 0.242 e. The molecule has 2 aliphatic heterocycles. The zero-order chi connectivity index (χ0) is 24.4. The summed E-state index contributed by atoms with van der Waals surface area (Å²) < 4.78 is 26.1. The molecule has 9 heteroatoms. The molecule has 0 radical (unpaired) electrons. The van der Waals surface area contributed by atoms with Gasteiger partial charge in [-0.3, -0.25) is 19.5 Å². The van der Waals surface area contributed by atoms with Crippen molar-refractivity contribution in [3.8, 4) is 16.2 Å². The van der Waals surface area contributed by atoms with Gasteiger partial charge in [-0.15, -0.1) is 11.3 Å². The lowest BCUT2D eigenvalue weighted by molar-refractivity contribution is -0.128. The lowest BCUT2D eigenvalue weighted by atomic mass is 10.0. The van der Waals surface area contributed by atoms with Crippen molar-refractivity contribution in [1.82, 2.24) is 15.2 Å². The van der Waals surface area contributed by atoms with Crippen molar-refractivity contribution in [1.29, 1.82) is 0 Å². The molecule has 1 amide bonds. The molecule has 2 aromatic heterocycles. The molecule has 1 aromatic carbocycles. The summed E-state index contributed by atoms with van der Waals surface area (Å²) in [5.41, 5.74) is 2.22. The van der Waals surface area contributed by atoms with Gasteiger partial charge in [-0.1, -0.05) is 6.07 Å². The van der Waals surface area contributed by atoms with E-state index in [0.717, 1.165) is 16.0 Å². The number of carbonyl (C=O) groups is 2. The van der Waals surface area contributed by atoms with Crippen LogP contribution in [-0.2, 0) is 16.0 Å². The van der Waals surface area contributed by atoms with Gasteiger partial charge < -0.3 is 14.8 Å². The summed E-state index contributed by atoms with van der Waals surface area (Å²) in [7, 11) is 0. The smallest absolute Gasteiger partial charge is 0.242 e. The van der Waals surface area contributed by atoms with Gasteiger partial charge in [-0.25, -0.2) is 4.39 Å². The summed E-state index contributed by atoms with van der Waals surface area (Å²) in [5.74, 6) is 0.0998.